The van der Waals surface area contributed by atoms with E-state index in [0.717, 1.165) is 24.5 Å². The molecule has 2 heterocycles. The topological polar surface area (TPSA) is 70.4 Å². The Labute approximate surface area is 117 Å². The highest BCUT2D eigenvalue weighted by Gasteiger charge is 2.26. The van der Waals surface area contributed by atoms with Gasteiger partial charge in [-0.05, 0) is 6.42 Å². The van der Waals surface area contributed by atoms with Gasteiger partial charge in [0.05, 0.1) is 24.5 Å². The van der Waals surface area contributed by atoms with Gasteiger partial charge in [-0.2, -0.15) is 16.9 Å². The van der Waals surface area contributed by atoms with E-state index in [0.29, 0.717) is 12.2 Å². The molecule has 6 nitrogen and oxygen atoms in total. The molecule has 0 aromatic carbocycles. The number of aliphatic hydroxyl groups is 1. The molecule has 2 N–H and O–H groups in total. The molecule has 1 saturated heterocycles. The standard InChI is InChI=1S/C12H20N4O2S/c1-2-3-15-7-10(6-13-15)14-12(18)16-4-5-19-9-11(16)8-17/h6-7,11,17H,2-5,8-9H2,1H3,(H,14,18)/t11-/m0/s1. The molecule has 1 aromatic heterocycles. The summed E-state index contributed by atoms with van der Waals surface area (Å²) in [7, 11) is 0. The van der Waals surface area contributed by atoms with Crippen LogP contribution in [0.25, 0.3) is 0 Å². The van der Waals surface area contributed by atoms with Crippen molar-refractivity contribution in [1.82, 2.24) is 14.7 Å². The van der Waals surface area contributed by atoms with Crippen molar-refractivity contribution in [3.63, 3.8) is 0 Å². The average molecular weight is 284 g/mol. The Morgan fingerprint density at radius 1 is 1.68 bits per heavy atom. The normalized spacial score (nSPS) is 19.5. The molecule has 19 heavy (non-hydrogen) atoms. The van der Waals surface area contributed by atoms with Crippen LogP contribution in [0.5, 0.6) is 0 Å². The maximum atomic E-state index is 12.2. The highest BCUT2D eigenvalue weighted by atomic mass is 32.2. The molecule has 0 saturated carbocycles. The highest BCUT2D eigenvalue weighted by molar-refractivity contribution is 7.99. The summed E-state index contributed by atoms with van der Waals surface area (Å²) in [6, 6.07) is -0.250. The zero-order chi connectivity index (χ0) is 13.7. The molecule has 0 unspecified atom stereocenters. The molecule has 0 radical (unpaired) electrons. The quantitative estimate of drug-likeness (QED) is 0.872. The van der Waals surface area contributed by atoms with Crippen molar-refractivity contribution in [2.45, 2.75) is 25.9 Å². The van der Waals surface area contributed by atoms with E-state index >= 15 is 0 Å². The van der Waals surface area contributed by atoms with E-state index in [1.165, 1.54) is 0 Å². The number of hydrogen-bond donors (Lipinski definition) is 2. The second-order valence-electron chi connectivity index (χ2n) is 4.53. The number of aromatic nitrogens is 2. The number of carbonyl (C=O) groups is 1. The van der Waals surface area contributed by atoms with E-state index in [1.54, 1.807) is 22.9 Å². The maximum absolute atomic E-state index is 12.2. The summed E-state index contributed by atoms with van der Waals surface area (Å²) in [4.78, 5) is 13.9. The first-order chi connectivity index (χ1) is 9.24. The molecular formula is C12H20N4O2S. The number of carbonyl (C=O) groups excluding carboxylic acids is 1. The predicted octanol–water partition coefficient (Wildman–Crippen LogP) is 1.23. The maximum Gasteiger partial charge on any atom is 0.322 e. The Morgan fingerprint density at radius 3 is 3.26 bits per heavy atom. The summed E-state index contributed by atoms with van der Waals surface area (Å²) in [6.45, 7) is 3.60. The fourth-order valence-corrected chi connectivity index (χ4v) is 3.10. The van der Waals surface area contributed by atoms with Gasteiger partial charge in [0.25, 0.3) is 0 Å². The van der Waals surface area contributed by atoms with Crippen molar-refractivity contribution >= 4 is 23.5 Å². The molecule has 1 aliphatic rings. The van der Waals surface area contributed by atoms with Crippen LogP contribution in [-0.4, -0.2) is 56.5 Å². The lowest BCUT2D eigenvalue weighted by Gasteiger charge is -2.33. The van der Waals surface area contributed by atoms with Crippen LogP contribution in [0.2, 0.25) is 0 Å². The SMILES string of the molecule is CCCn1cc(NC(=O)N2CCSC[C@@H]2CO)cn1. The molecule has 0 spiro atoms. The Morgan fingerprint density at radius 2 is 2.53 bits per heavy atom. The van der Waals surface area contributed by atoms with E-state index in [2.05, 4.69) is 17.3 Å². The summed E-state index contributed by atoms with van der Waals surface area (Å²) >= 11 is 1.77. The lowest BCUT2D eigenvalue weighted by atomic mass is 10.3. The fraction of sp³-hybridized carbons (Fsp3) is 0.667. The minimum absolute atomic E-state index is 0.00944. The Bertz CT molecular complexity index is 424. The van der Waals surface area contributed by atoms with Gasteiger partial charge >= 0.3 is 6.03 Å². The molecule has 0 bridgehead atoms. The van der Waals surface area contributed by atoms with Crippen LogP contribution in [-0.2, 0) is 6.54 Å². The smallest absolute Gasteiger partial charge is 0.322 e. The van der Waals surface area contributed by atoms with Gasteiger partial charge in [0.2, 0.25) is 0 Å². The van der Waals surface area contributed by atoms with Gasteiger partial charge in [-0.3, -0.25) is 4.68 Å². The van der Waals surface area contributed by atoms with Crippen LogP contribution < -0.4 is 5.32 Å². The molecule has 2 amide bonds. The minimum Gasteiger partial charge on any atom is -0.394 e. The third-order valence-electron chi connectivity index (χ3n) is 3.04. The van der Waals surface area contributed by atoms with Crippen molar-refractivity contribution in [2.24, 2.45) is 0 Å². The number of amides is 2. The molecule has 1 fully saturated rings. The number of hydrogen-bond acceptors (Lipinski definition) is 4. The van der Waals surface area contributed by atoms with Crippen molar-refractivity contribution in [1.29, 1.82) is 0 Å². The van der Waals surface area contributed by atoms with Crippen molar-refractivity contribution < 1.29 is 9.90 Å². The number of rotatable bonds is 4. The van der Waals surface area contributed by atoms with Gasteiger partial charge in [0.15, 0.2) is 0 Å². The van der Waals surface area contributed by atoms with E-state index < -0.39 is 0 Å². The van der Waals surface area contributed by atoms with Gasteiger partial charge in [0.1, 0.15) is 0 Å². The van der Waals surface area contributed by atoms with Crippen molar-refractivity contribution in [2.75, 3.05) is 30.0 Å². The number of nitrogens with zero attached hydrogens (tertiary/aromatic N) is 3. The number of nitrogens with one attached hydrogen (secondary N) is 1. The molecule has 1 aliphatic heterocycles. The Hall–Kier alpha value is -1.21. The predicted molar refractivity (Wildman–Crippen MR) is 76.4 cm³/mol. The number of aliphatic hydroxyl groups excluding tert-OH is 1. The van der Waals surface area contributed by atoms with Crippen molar-refractivity contribution in [3.8, 4) is 0 Å². The van der Waals surface area contributed by atoms with Gasteiger partial charge in [-0.25, -0.2) is 4.79 Å². The summed E-state index contributed by atoms with van der Waals surface area (Å²) in [6.07, 6.45) is 4.49. The first kappa shape index (κ1) is 14.2. The van der Waals surface area contributed by atoms with Crippen LogP contribution in [0.4, 0.5) is 10.5 Å². The molecular weight excluding hydrogens is 264 g/mol. The van der Waals surface area contributed by atoms with Crippen LogP contribution in [0.3, 0.4) is 0 Å². The summed E-state index contributed by atoms with van der Waals surface area (Å²) in [5, 5.41) is 16.3. The molecule has 2 rings (SSSR count). The zero-order valence-electron chi connectivity index (χ0n) is 11.1. The summed E-state index contributed by atoms with van der Waals surface area (Å²) < 4.78 is 1.81. The highest BCUT2D eigenvalue weighted by Crippen LogP contribution is 2.17. The third-order valence-corrected chi connectivity index (χ3v) is 4.13. The van der Waals surface area contributed by atoms with Gasteiger partial charge in [-0.15, -0.1) is 0 Å². The van der Waals surface area contributed by atoms with Crippen LogP contribution >= 0.6 is 11.8 Å². The molecule has 1 atom stereocenters. The number of thioether (sulfide) groups is 1. The van der Waals surface area contributed by atoms with Crippen LogP contribution in [0, 0.1) is 0 Å². The van der Waals surface area contributed by atoms with E-state index in [1.807, 2.05) is 10.9 Å². The summed E-state index contributed by atoms with van der Waals surface area (Å²) in [5.41, 5.74) is 0.702. The monoisotopic (exact) mass is 284 g/mol. The molecule has 0 aliphatic carbocycles. The Kier molecular flexibility index (Phi) is 5.09. The van der Waals surface area contributed by atoms with Crippen molar-refractivity contribution in [3.05, 3.63) is 12.4 Å². The first-order valence-corrected chi connectivity index (χ1v) is 7.68. The molecule has 1 aromatic rings. The van der Waals surface area contributed by atoms with Crippen LogP contribution in [0.1, 0.15) is 13.3 Å². The van der Waals surface area contributed by atoms with E-state index in [-0.39, 0.29) is 18.7 Å². The van der Waals surface area contributed by atoms with E-state index in [9.17, 15) is 9.90 Å². The largest absolute Gasteiger partial charge is 0.394 e. The fourth-order valence-electron chi connectivity index (χ4n) is 2.05. The summed E-state index contributed by atoms with van der Waals surface area (Å²) in [5.74, 6) is 1.71. The second-order valence-corrected chi connectivity index (χ2v) is 5.68. The number of urea groups is 1. The number of aryl methyl sites for hydroxylation is 1. The van der Waals surface area contributed by atoms with Gasteiger partial charge in [-0.1, -0.05) is 6.92 Å². The minimum atomic E-state index is -0.157. The molecule has 106 valence electrons. The average Bonchev–Trinajstić information content (AvgIpc) is 2.86. The lowest BCUT2D eigenvalue weighted by Crippen LogP contribution is -2.49. The third kappa shape index (κ3) is 3.63. The van der Waals surface area contributed by atoms with E-state index in [4.69, 9.17) is 0 Å². The second kappa shape index (κ2) is 6.81. The number of anilines is 1. The first-order valence-electron chi connectivity index (χ1n) is 6.53. The van der Waals surface area contributed by atoms with Gasteiger partial charge in [0, 0.05) is 30.8 Å². The Balaban J connectivity index is 1.95. The molecule has 7 heteroatoms. The lowest BCUT2D eigenvalue weighted by molar-refractivity contribution is 0.154. The van der Waals surface area contributed by atoms with Crippen LogP contribution in [0.15, 0.2) is 12.4 Å². The van der Waals surface area contributed by atoms with Gasteiger partial charge < -0.3 is 15.3 Å². The zero-order valence-corrected chi connectivity index (χ0v) is 11.9.